The van der Waals surface area contributed by atoms with Crippen LogP contribution in [0.2, 0.25) is 0 Å². The van der Waals surface area contributed by atoms with Crippen LogP contribution in [0, 0.1) is 36.5 Å². The molecule has 3 rings (SSSR count). The molecule has 0 aliphatic rings. The topological polar surface area (TPSA) is 97.4 Å². The van der Waals surface area contributed by atoms with Crippen molar-refractivity contribution in [1.29, 1.82) is 10.5 Å². The molecule has 6 nitrogen and oxygen atoms in total. The van der Waals surface area contributed by atoms with Crippen molar-refractivity contribution in [1.82, 2.24) is 9.97 Å². The summed E-state index contributed by atoms with van der Waals surface area (Å²) in [6.45, 7) is 3.24. The minimum atomic E-state index is -0.551. The van der Waals surface area contributed by atoms with E-state index in [1.807, 2.05) is 6.07 Å². The predicted molar refractivity (Wildman–Crippen MR) is 110 cm³/mol. The lowest BCUT2D eigenvalue weighted by Gasteiger charge is -2.14. The number of aromatic nitrogens is 2. The molecule has 1 aromatic heterocycles. The molecule has 0 fully saturated rings. The molecule has 0 bridgehead atoms. The highest BCUT2D eigenvalue weighted by Crippen LogP contribution is 2.26. The third-order valence-corrected chi connectivity index (χ3v) is 3.49. The van der Waals surface area contributed by atoms with Crippen LogP contribution >= 0.6 is 0 Å². The molecule has 0 aliphatic carbocycles. The van der Waals surface area contributed by atoms with Gasteiger partial charge in [-0.15, -0.1) is 0 Å². The van der Waals surface area contributed by atoms with Crippen molar-refractivity contribution in [3.05, 3.63) is 76.8 Å². The van der Waals surface area contributed by atoms with Gasteiger partial charge in [-0.2, -0.15) is 15.5 Å². The quantitative estimate of drug-likeness (QED) is 0.611. The van der Waals surface area contributed by atoms with Gasteiger partial charge in [-0.25, -0.2) is 4.98 Å². The predicted octanol–water partition coefficient (Wildman–Crippen LogP) is 4.99. The number of hydrogen-bond donors (Lipinski definition) is 2. The number of anilines is 4. The zero-order valence-corrected chi connectivity index (χ0v) is 14.9. The van der Waals surface area contributed by atoms with E-state index >= 15 is 0 Å². The van der Waals surface area contributed by atoms with E-state index in [1.54, 1.807) is 19.9 Å². The first-order valence-electron chi connectivity index (χ1n) is 12.0. The van der Waals surface area contributed by atoms with E-state index in [9.17, 15) is 0 Å². The number of nitriles is 2. The van der Waals surface area contributed by atoms with Crippen LogP contribution in [0.4, 0.5) is 23.1 Å². The Morgan fingerprint density at radius 3 is 2.39 bits per heavy atom. The van der Waals surface area contributed by atoms with Crippen molar-refractivity contribution in [3.63, 3.8) is 0 Å². The largest absolute Gasteiger partial charge is 0.340 e. The maximum Gasteiger partial charge on any atom is 0.229 e. The van der Waals surface area contributed by atoms with E-state index < -0.39 is 41.9 Å². The molecule has 136 valence electrons. The third-order valence-electron chi connectivity index (χ3n) is 3.49. The van der Waals surface area contributed by atoms with Gasteiger partial charge in [0.15, 0.2) is 0 Å². The van der Waals surface area contributed by atoms with Crippen LogP contribution in [0.3, 0.4) is 0 Å². The van der Waals surface area contributed by atoms with Crippen LogP contribution < -0.4 is 10.6 Å². The maximum absolute atomic E-state index is 9.12. The highest BCUT2D eigenvalue weighted by molar-refractivity contribution is 5.69. The first kappa shape index (κ1) is 10.9. The zero-order valence-electron chi connectivity index (χ0n) is 22.9. The minimum absolute atomic E-state index is 0.00846. The molecule has 2 N–H and O–H groups in total. The number of nitrogens with zero attached hydrogens (tertiary/aromatic N) is 4. The second-order valence-corrected chi connectivity index (χ2v) is 5.50. The summed E-state index contributed by atoms with van der Waals surface area (Å²) < 4.78 is 65.0. The number of benzene rings is 2. The standard InChI is InChI=1S/C22H18N6/c1-15-12-18(4-3-10-23)13-16(2)21(15)27-20-9-11-25-22(28-20)26-19-7-5-17(14-24)6-8-19/h3-9,11-13H,1-2H3,(H2,25,26,27,28)/b4-3+/i5D,6D,7D,8D,9D,11D,12D,13D. The fourth-order valence-corrected chi connectivity index (χ4v) is 2.30. The van der Waals surface area contributed by atoms with Gasteiger partial charge in [-0.3, -0.25) is 0 Å². The fourth-order valence-electron chi connectivity index (χ4n) is 2.30. The van der Waals surface area contributed by atoms with Crippen molar-refractivity contribution in [2.45, 2.75) is 13.8 Å². The van der Waals surface area contributed by atoms with E-state index in [0.717, 1.165) is 0 Å². The molecule has 0 saturated carbocycles. The molecule has 1 heterocycles. The molecule has 2 aromatic carbocycles. The molecule has 28 heavy (non-hydrogen) atoms. The molecule has 0 atom stereocenters. The van der Waals surface area contributed by atoms with Gasteiger partial charge >= 0.3 is 0 Å². The summed E-state index contributed by atoms with van der Waals surface area (Å²) in [6, 6.07) is 0.885. The first-order chi connectivity index (χ1) is 16.9. The maximum atomic E-state index is 9.12. The number of rotatable bonds is 5. The Labute approximate surface area is 175 Å². The third kappa shape index (κ3) is 4.51. The molecule has 0 unspecified atom stereocenters. The van der Waals surface area contributed by atoms with Gasteiger partial charge in [0, 0.05) is 23.6 Å². The summed E-state index contributed by atoms with van der Waals surface area (Å²) in [5.41, 5.74) is 0.643. The van der Waals surface area contributed by atoms with Gasteiger partial charge < -0.3 is 10.6 Å². The Hall–Kier alpha value is -4.16. The molecular weight excluding hydrogens is 348 g/mol. The average molecular weight is 374 g/mol. The van der Waals surface area contributed by atoms with Gasteiger partial charge in [-0.05, 0) is 78.9 Å². The van der Waals surface area contributed by atoms with Crippen molar-refractivity contribution in [2.24, 2.45) is 0 Å². The average Bonchev–Trinajstić information content (AvgIpc) is 2.85. The molecule has 3 aromatic rings. The fraction of sp³-hybridized carbons (Fsp3) is 0.0909. The van der Waals surface area contributed by atoms with Crippen LogP contribution in [0.1, 0.15) is 33.2 Å². The molecule has 0 aliphatic heterocycles. The Bertz CT molecular complexity index is 1460. The molecular formula is C22H18N6. The Balaban J connectivity index is 2.11. The lowest BCUT2D eigenvalue weighted by Crippen LogP contribution is -2.02. The van der Waals surface area contributed by atoms with Crippen molar-refractivity contribution < 1.29 is 11.0 Å². The smallest absolute Gasteiger partial charge is 0.229 e. The van der Waals surface area contributed by atoms with Crippen molar-refractivity contribution in [2.75, 3.05) is 10.6 Å². The van der Waals surface area contributed by atoms with Crippen LogP contribution in [0.5, 0.6) is 0 Å². The van der Waals surface area contributed by atoms with E-state index in [4.69, 9.17) is 21.5 Å². The number of allylic oxidation sites excluding steroid dienone is 1. The number of nitrogens with one attached hydrogen (secondary N) is 2. The lowest BCUT2D eigenvalue weighted by molar-refractivity contribution is 1.16. The van der Waals surface area contributed by atoms with Crippen LogP contribution in [0.15, 0.2) is 54.5 Å². The summed E-state index contributed by atoms with van der Waals surface area (Å²) in [4.78, 5) is 7.98. The molecule has 0 saturated heterocycles. The summed E-state index contributed by atoms with van der Waals surface area (Å²) >= 11 is 0. The molecule has 0 spiro atoms. The normalized spacial score (nSPS) is 14.3. The van der Waals surface area contributed by atoms with Crippen LogP contribution in [-0.4, -0.2) is 9.97 Å². The Kier molecular flexibility index (Phi) is 3.29. The van der Waals surface area contributed by atoms with E-state index in [1.165, 1.54) is 12.2 Å². The second-order valence-electron chi connectivity index (χ2n) is 5.50. The molecule has 0 amide bonds. The van der Waals surface area contributed by atoms with Gasteiger partial charge in [-0.1, -0.05) is 0 Å². The van der Waals surface area contributed by atoms with Crippen molar-refractivity contribution in [3.8, 4) is 12.1 Å². The van der Waals surface area contributed by atoms with Crippen LogP contribution in [0.25, 0.3) is 6.08 Å². The highest BCUT2D eigenvalue weighted by atomic mass is 15.1. The van der Waals surface area contributed by atoms with E-state index in [2.05, 4.69) is 20.6 Å². The van der Waals surface area contributed by atoms with Gasteiger partial charge in [0.05, 0.1) is 28.7 Å². The Morgan fingerprint density at radius 2 is 1.75 bits per heavy atom. The van der Waals surface area contributed by atoms with Crippen molar-refractivity contribution >= 4 is 29.2 Å². The lowest BCUT2D eigenvalue weighted by atomic mass is 10.0. The molecule has 6 heteroatoms. The van der Waals surface area contributed by atoms with E-state index in [0.29, 0.717) is 16.8 Å². The van der Waals surface area contributed by atoms with Gasteiger partial charge in [0.25, 0.3) is 0 Å². The monoisotopic (exact) mass is 374 g/mol. The highest BCUT2D eigenvalue weighted by Gasteiger charge is 2.07. The number of hydrogen-bond acceptors (Lipinski definition) is 6. The molecule has 0 radical (unpaired) electrons. The minimum Gasteiger partial charge on any atom is -0.340 e. The van der Waals surface area contributed by atoms with Gasteiger partial charge in [0.2, 0.25) is 5.95 Å². The first-order valence-corrected chi connectivity index (χ1v) is 8.00. The summed E-state index contributed by atoms with van der Waals surface area (Å²) in [6.07, 6.45) is 2.03. The summed E-state index contributed by atoms with van der Waals surface area (Å²) in [5, 5.41) is 23.3. The van der Waals surface area contributed by atoms with Crippen LogP contribution in [-0.2, 0) is 0 Å². The van der Waals surface area contributed by atoms with E-state index in [-0.39, 0.29) is 35.1 Å². The summed E-state index contributed by atoms with van der Waals surface area (Å²) in [5.74, 6) is -0.461. The second kappa shape index (κ2) is 8.48. The summed E-state index contributed by atoms with van der Waals surface area (Å²) in [7, 11) is 0. The zero-order chi connectivity index (χ0) is 26.9. The van der Waals surface area contributed by atoms with Gasteiger partial charge in [0.1, 0.15) is 5.82 Å². The SMILES string of the molecule is [2H]c1nc(Nc2c([2H])c([2H])c(C#N)c([2H])c2[2H])nc(Nc2c(C)c([2H])c(/C=C/C#N)c([2H])c2C)c1[2H]. The Morgan fingerprint density at radius 1 is 1.04 bits per heavy atom.